The molecule has 130 valence electrons. The van der Waals surface area contributed by atoms with Crippen molar-refractivity contribution in [1.82, 2.24) is 0 Å². The van der Waals surface area contributed by atoms with Crippen molar-refractivity contribution in [2.45, 2.75) is 33.2 Å². The highest BCUT2D eigenvalue weighted by atomic mass is 32.1. The van der Waals surface area contributed by atoms with Gasteiger partial charge in [0.2, 0.25) is 0 Å². The minimum atomic E-state index is -0.236. The van der Waals surface area contributed by atoms with Crippen LogP contribution in [0.15, 0.2) is 42.5 Å². The maximum atomic E-state index is 5.81. The van der Waals surface area contributed by atoms with Gasteiger partial charge < -0.3 is 14.2 Å². The van der Waals surface area contributed by atoms with Crippen LogP contribution in [0.2, 0.25) is 0 Å². The highest BCUT2D eigenvalue weighted by molar-refractivity contribution is 7.22. The maximum absolute atomic E-state index is 5.81. The molecule has 1 fully saturated rings. The molecule has 25 heavy (non-hydrogen) atoms. The van der Waals surface area contributed by atoms with E-state index in [0.717, 1.165) is 11.3 Å². The summed E-state index contributed by atoms with van der Waals surface area (Å²) in [6, 6.07) is 15.1. The van der Waals surface area contributed by atoms with Crippen molar-refractivity contribution in [1.29, 1.82) is 0 Å². The first-order valence-corrected chi connectivity index (χ1v) is 9.46. The van der Waals surface area contributed by atoms with Crippen LogP contribution in [0.3, 0.4) is 0 Å². The third-order valence-electron chi connectivity index (χ3n) is 4.30. The molecule has 0 N–H and O–H groups in total. The zero-order valence-corrected chi connectivity index (χ0v) is 15.6. The molecular formula is C21H22O3S. The predicted molar refractivity (Wildman–Crippen MR) is 102 cm³/mol. The summed E-state index contributed by atoms with van der Waals surface area (Å²) in [6.45, 7) is 7.52. The largest absolute Gasteiger partial charge is 0.491 e. The summed E-state index contributed by atoms with van der Waals surface area (Å²) in [6.07, 6.45) is -0.0525. The van der Waals surface area contributed by atoms with Crippen molar-refractivity contribution in [3.8, 4) is 16.2 Å². The van der Waals surface area contributed by atoms with E-state index in [4.69, 9.17) is 14.2 Å². The Balaban J connectivity index is 1.70. The fourth-order valence-corrected chi connectivity index (χ4v) is 4.17. The van der Waals surface area contributed by atoms with Crippen molar-refractivity contribution in [2.24, 2.45) is 0 Å². The lowest BCUT2D eigenvalue weighted by Gasteiger charge is -2.13. The average Bonchev–Trinajstić information content (AvgIpc) is 3.23. The van der Waals surface area contributed by atoms with Gasteiger partial charge in [0.1, 0.15) is 5.75 Å². The first kappa shape index (κ1) is 16.6. The number of aryl methyl sites for hydroxylation is 1. The Morgan fingerprint density at radius 2 is 1.84 bits per heavy atom. The van der Waals surface area contributed by atoms with Crippen LogP contribution in [0.4, 0.5) is 0 Å². The molecule has 3 nitrogen and oxygen atoms in total. The summed E-state index contributed by atoms with van der Waals surface area (Å²) in [7, 11) is 0. The van der Waals surface area contributed by atoms with Crippen molar-refractivity contribution in [3.05, 3.63) is 53.6 Å². The first-order chi connectivity index (χ1) is 12.1. The van der Waals surface area contributed by atoms with Gasteiger partial charge >= 0.3 is 0 Å². The lowest BCUT2D eigenvalue weighted by Crippen LogP contribution is -2.04. The number of hydrogen-bond donors (Lipinski definition) is 0. The van der Waals surface area contributed by atoms with Crippen molar-refractivity contribution in [2.75, 3.05) is 13.2 Å². The van der Waals surface area contributed by atoms with Crippen LogP contribution in [-0.4, -0.2) is 19.3 Å². The van der Waals surface area contributed by atoms with Gasteiger partial charge in [-0.05, 0) is 67.6 Å². The van der Waals surface area contributed by atoms with E-state index in [1.807, 2.05) is 19.9 Å². The Morgan fingerprint density at radius 3 is 2.60 bits per heavy atom. The molecule has 1 aliphatic heterocycles. The van der Waals surface area contributed by atoms with Gasteiger partial charge in [-0.15, -0.1) is 11.3 Å². The SMILES string of the molecule is Cc1ccc(-c2cc3ccc(OC(C)C)cc3s2)cc1C1OCCO1. The van der Waals surface area contributed by atoms with Gasteiger partial charge in [0.15, 0.2) is 6.29 Å². The second-order valence-corrected chi connectivity index (χ2v) is 7.71. The van der Waals surface area contributed by atoms with Crippen LogP contribution in [-0.2, 0) is 9.47 Å². The zero-order valence-electron chi connectivity index (χ0n) is 14.7. The Hall–Kier alpha value is -1.88. The molecule has 2 aromatic carbocycles. The van der Waals surface area contributed by atoms with Crippen LogP contribution >= 0.6 is 11.3 Å². The van der Waals surface area contributed by atoms with E-state index < -0.39 is 0 Å². The molecule has 4 heteroatoms. The Labute approximate surface area is 152 Å². The van der Waals surface area contributed by atoms with E-state index in [1.165, 1.54) is 26.1 Å². The lowest BCUT2D eigenvalue weighted by atomic mass is 10.0. The van der Waals surface area contributed by atoms with Gasteiger partial charge in [-0.1, -0.05) is 12.1 Å². The van der Waals surface area contributed by atoms with Crippen molar-refractivity contribution in [3.63, 3.8) is 0 Å². The molecule has 1 aliphatic rings. The van der Waals surface area contributed by atoms with Gasteiger partial charge in [-0.25, -0.2) is 0 Å². The minimum absolute atomic E-state index is 0.183. The van der Waals surface area contributed by atoms with Gasteiger partial charge in [0.05, 0.1) is 19.3 Å². The fourth-order valence-electron chi connectivity index (χ4n) is 3.08. The van der Waals surface area contributed by atoms with Crippen molar-refractivity contribution < 1.29 is 14.2 Å². The second kappa shape index (κ2) is 6.79. The van der Waals surface area contributed by atoms with Crippen LogP contribution in [0.25, 0.3) is 20.5 Å². The quantitative estimate of drug-likeness (QED) is 0.601. The topological polar surface area (TPSA) is 27.7 Å². The number of rotatable bonds is 4. The molecule has 0 bridgehead atoms. The van der Waals surface area contributed by atoms with Crippen LogP contribution in [0.1, 0.15) is 31.3 Å². The Bertz CT molecular complexity index is 891. The van der Waals surface area contributed by atoms with Gasteiger partial charge in [0, 0.05) is 15.1 Å². The van der Waals surface area contributed by atoms with Gasteiger partial charge in [0.25, 0.3) is 0 Å². The van der Waals surface area contributed by atoms with E-state index in [9.17, 15) is 0 Å². The van der Waals surface area contributed by atoms with Crippen molar-refractivity contribution >= 4 is 21.4 Å². The second-order valence-electron chi connectivity index (χ2n) is 6.62. The summed E-state index contributed by atoms with van der Waals surface area (Å²) in [5.41, 5.74) is 3.52. The number of ether oxygens (including phenoxy) is 3. The highest BCUT2D eigenvalue weighted by Gasteiger charge is 2.21. The molecule has 2 heterocycles. The summed E-state index contributed by atoms with van der Waals surface area (Å²) in [5, 5.41) is 1.24. The van der Waals surface area contributed by atoms with Crippen LogP contribution < -0.4 is 4.74 Å². The summed E-state index contributed by atoms with van der Waals surface area (Å²) in [5.74, 6) is 0.924. The highest BCUT2D eigenvalue weighted by Crippen LogP contribution is 2.37. The molecular weight excluding hydrogens is 332 g/mol. The standard InChI is InChI=1S/C21H22O3S/c1-13(2)24-17-7-6-16-11-19(25-20(16)12-17)15-5-4-14(3)18(10-15)21-22-8-9-23-21/h4-7,10-13,21H,8-9H2,1-3H3. The van der Waals surface area contributed by atoms with Crippen LogP contribution in [0.5, 0.6) is 5.75 Å². The zero-order chi connectivity index (χ0) is 17.4. The minimum Gasteiger partial charge on any atom is -0.491 e. The van der Waals surface area contributed by atoms with E-state index in [-0.39, 0.29) is 12.4 Å². The Morgan fingerprint density at radius 1 is 1.04 bits per heavy atom. The molecule has 3 aromatic rings. The molecule has 0 atom stereocenters. The third kappa shape index (κ3) is 3.43. The molecule has 4 rings (SSSR count). The lowest BCUT2D eigenvalue weighted by molar-refractivity contribution is -0.0445. The smallest absolute Gasteiger partial charge is 0.184 e. The Kier molecular flexibility index (Phi) is 4.50. The van der Waals surface area contributed by atoms with E-state index in [1.54, 1.807) is 11.3 Å². The van der Waals surface area contributed by atoms with Gasteiger partial charge in [-0.2, -0.15) is 0 Å². The molecule has 1 aromatic heterocycles. The summed E-state index contributed by atoms with van der Waals surface area (Å²) >= 11 is 1.79. The molecule has 0 unspecified atom stereocenters. The van der Waals surface area contributed by atoms with Gasteiger partial charge in [-0.3, -0.25) is 0 Å². The normalized spacial score (nSPS) is 15.4. The first-order valence-electron chi connectivity index (χ1n) is 8.64. The number of fused-ring (bicyclic) bond motifs is 1. The number of hydrogen-bond acceptors (Lipinski definition) is 4. The molecule has 0 radical (unpaired) electrons. The fraction of sp³-hybridized carbons (Fsp3) is 0.333. The number of benzene rings is 2. The molecule has 0 saturated carbocycles. The van der Waals surface area contributed by atoms with Crippen LogP contribution in [0, 0.1) is 6.92 Å². The van der Waals surface area contributed by atoms with E-state index in [0.29, 0.717) is 13.2 Å². The maximum Gasteiger partial charge on any atom is 0.184 e. The van der Waals surface area contributed by atoms with E-state index in [2.05, 4.69) is 43.3 Å². The molecule has 0 aliphatic carbocycles. The summed E-state index contributed by atoms with van der Waals surface area (Å²) in [4.78, 5) is 1.25. The molecule has 0 amide bonds. The average molecular weight is 354 g/mol. The summed E-state index contributed by atoms with van der Waals surface area (Å²) < 4.78 is 18.4. The third-order valence-corrected chi connectivity index (χ3v) is 5.45. The number of thiophene rings is 1. The van der Waals surface area contributed by atoms with E-state index >= 15 is 0 Å². The predicted octanol–water partition coefficient (Wildman–Crippen LogP) is 5.71. The molecule has 1 saturated heterocycles. The molecule has 0 spiro atoms. The monoisotopic (exact) mass is 354 g/mol.